The predicted octanol–water partition coefficient (Wildman–Crippen LogP) is 2.80. The van der Waals surface area contributed by atoms with Gasteiger partial charge in [0.2, 0.25) is 0 Å². The van der Waals surface area contributed by atoms with Crippen molar-refractivity contribution in [3.8, 4) is 0 Å². The molecule has 90 valence electrons. The molecular weight excluding hydrogens is 210 g/mol. The van der Waals surface area contributed by atoms with Crippen LogP contribution < -0.4 is 0 Å². The first-order valence-electron chi connectivity index (χ1n) is 6.61. The SMILES string of the molecule is C[C@H](c1ccccc1)N1CC[C@@H]2CCC(=O)[C@@H]21. The van der Waals surface area contributed by atoms with E-state index in [9.17, 15) is 4.79 Å². The van der Waals surface area contributed by atoms with Gasteiger partial charge in [-0.25, -0.2) is 0 Å². The molecule has 0 N–H and O–H groups in total. The maximum absolute atomic E-state index is 12.0. The molecule has 0 spiro atoms. The second-order valence-electron chi connectivity index (χ2n) is 5.32. The molecule has 0 aromatic heterocycles. The molecule has 1 saturated heterocycles. The molecule has 2 fully saturated rings. The van der Waals surface area contributed by atoms with Crippen LogP contribution in [0.4, 0.5) is 0 Å². The Bertz CT molecular complexity index is 414. The van der Waals surface area contributed by atoms with Crippen LogP contribution in [0, 0.1) is 5.92 Å². The van der Waals surface area contributed by atoms with Crippen molar-refractivity contribution >= 4 is 5.78 Å². The van der Waals surface area contributed by atoms with E-state index in [1.54, 1.807) is 0 Å². The van der Waals surface area contributed by atoms with Crippen LogP contribution in [-0.2, 0) is 4.79 Å². The molecule has 1 saturated carbocycles. The number of carbonyl (C=O) groups is 1. The number of fused-ring (bicyclic) bond motifs is 1. The molecule has 2 heteroatoms. The van der Waals surface area contributed by atoms with Crippen molar-refractivity contribution in [3.05, 3.63) is 35.9 Å². The minimum Gasteiger partial charge on any atom is -0.298 e. The first kappa shape index (κ1) is 11.0. The van der Waals surface area contributed by atoms with Gasteiger partial charge in [-0.15, -0.1) is 0 Å². The standard InChI is InChI=1S/C15H19NO/c1-11(12-5-3-2-4-6-12)16-10-9-13-7-8-14(17)15(13)16/h2-6,11,13,15H,7-10H2,1H3/t11-,13+,15-/m1/s1. The van der Waals surface area contributed by atoms with Crippen molar-refractivity contribution < 1.29 is 4.79 Å². The van der Waals surface area contributed by atoms with Crippen LogP contribution in [-0.4, -0.2) is 23.3 Å². The zero-order chi connectivity index (χ0) is 11.8. The molecule has 1 aliphatic carbocycles. The van der Waals surface area contributed by atoms with E-state index in [2.05, 4.69) is 36.1 Å². The van der Waals surface area contributed by atoms with Gasteiger partial charge >= 0.3 is 0 Å². The van der Waals surface area contributed by atoms with E-state index < -0.39 is 0 Å². The van der Waals surface area contributed by atoms with Gasteiger partial charge in [-0.3, -0.25) is 9.69 Å². The Morgan fingerprint density at radius 3 is 2.76 bits per heavy atom. The van der Waals surface area contributed by atoms with E-state index in [0.717, 1.165) is 19.4 Å². The highest BCUT2D eigenvalue weighted by molar-refractivity contribution is 5.86. The number of ketones is 1. The summed E-state index contributed by atoms with van der Waals surface area (Å²) in [7, 11) is 0. The number of likely N-dealkylation sites (tertiary alicyclic amines) is 1. The molecule has 3 atom stereocenters. The van der Waals surface area contributed by atoms with Crippen molar-refractivity contribution in [2.24, 2.45) is 5.92 Å². The van der Waals surface area contributed by atoms with Crippen LogP contribution in [0.15, 0.2) is 30.3 Å². The fourth-order valence-electron chi connectivity index (χ4n) is 3.47. The molecular formula is C15H19NO. The summed E-state index contributed by atoms with van der Waals surface area (Å²) in [5, 5.41) is 0. The Balaban J connectivity index is 1.83. The highest BCUT2D eigenvalue weighted by Gasteiger charge is 2.44. The highest BCUT2D eigenvalue weighted by Crippen LogP contribution is 2.39. The summed E-state index contributed by atoms with van der Waals surface area (Å²) in [6.45, 7) is 3.31. The fraction of sp³-hybridized carbons (Fsp3) is 0.533. The zero-order valence-corrected chi connectivity index (χ0v) is 10.3. The lowest BCUT2D eigenvalue weighted by Gasteiger charge is -2.29. The van der Waals surface area contributed by atoms with Gasteiger partial charge in [0.15, 0.2) is 0 Å². The van der Waals surface area contributed by atoms with E-state index in [-0.39, 0.29) is 6.04 Å². The molecule has 1 aliphatic heterocycles. The highest BCUT2D eigenvalue weighted by atomic mass is 16.1. The number of carbonyl (C=O) groups excluding carboxylic acids is 1. The van der Waals surface area contributed by atoms with Crippen LogP contribution in [0.5, 0.6) is 0 Å². The number of Topliss-reactive ketones (excluding diaryl/α,β-unsaturated/α-hetero) is 1. The largest absolute Gasteiger partial charge is 0.298 e. The van der Waals surface area contributed by atoms with Crippen LogP contribution in [0.2, 0.25) is 0 Å². The molecule has 0 unspecified atom stereocenters. The van der Waals surface area contributed by atoms with Crippen LogP contribution in [0.25, 0.3) is 0 Å². The Morgan fingerprint density at radius 2 is 2.00 bits per heavy atom. The van der Waals surface area contributed by atoms with Crippen LogP contribution in [0.3, 0.4) is 0 Å². The fourth-order valence-corrected chi connectivity index (χ4v) is 3.47. The first-order valence-corrected chi connectivity index (χ1v) is 6.61. The summed E-state index contributed by atoms with van der Waals surface area (Å²) < 4.78 is 0. The van der Waals surface area contributed by atoms with E-state index in [1.807, 2.05) is 6.07 Å². The van der Waals surface area contributed by atoms with Gasteiger partial charge in [-0.05, 0) is 37.8 Å². The van der Waals surface area contributed by atoms with Crippen molar-refractivity contribution in [2.45, 2.75) is 38.3 Å². The number of nitrogens with zero attached hydrogens (tertiary/aromatic N) is 1. The molecule has 0 radical (unpaired) electrons. The van der Waals surface area contributed by atoms with E-state index >= 15 is 0 Å². The van der Waals surface area contributed by atoms with Crippen molar-refractivity contribution in [3.63, 3.8) is 0 Å². The van der Waals surface area contributed by atoms with Gasteiger partial charge in [-0.2, -0.15) is 0 Å². The zero-order valence-electron chi connectivity index (χ0n) is 10.3. The maximum Gasteiger partial charge on any atom is 0.150 e. The van der Waals surface area contributed by atoms with Crippen molar-refractivity contribution in [1.82, 2.24) is 4.90 Å². The third-order valence-corrected chi connectivity index (χ3v) is 4.43. The predicted molar refractivity (Wildman–Crippen MR) is 67.7 cm³/mol. The lowest BCUT2D eigenvalue weighted by Crippen LogP contribution is -2.37. The third kappa shape index (κ3) is 1.81. The molecule has 1 heterocycles. The molecule has 0 bridgehead atoms. The maximum atomic E-state index is 12.0. The summed E-state index contributed by atoms with van der Waals surface area (Å²) in [6.07, 6.45) is 3.11. The van der Waals surface area contributed by atoms with E-state index in [1.165, 1.54) is 12.0 Å². The van der Waals surface area contributed by atoms with Gasteiger partial charge < -0.3 is 0 Å². The summed E-state index contributed by atoms with van der Waals surface area (Å²) in [4.78, 5) is 14.4. The van der Waals surface area contributed by atoms with Crippen molar-refractivity contribution in [2.75, 3.05) is 6.54 Å². The molecule has 1 aromatic carbocycles. The third-order valence-electron chi connectivity index (χ3n) is 4.43. The van der Waals surface area contributed by atoms with Crippen LogP contribution in [0.1, 0.15) is 37.8 Å². The number of hydrogen-bond donors (Lipinski definition) is 0. The molecule has 0 amide bonds. The lowest BCUT2D eigenvalue weighted by atomic mass is 10.0. The average Bonchev–Trinajstić information content (AvgIpc) is 2.93. The molecule has 3 rings (SSSR count). The lowest BCUT2D eigenvalue weighted by molar-refractivity contribution is -0.122. The average molecular weight is 229 g/mol. The first-order chi connectivity index (χ1) is 8.27. The number of benzene rings is 1. The molecule has 2 nitrogen and oxygen atoms in total. The monoisotopic (exact) mass is 229 g/mol. The molecule has 2 aliphatic rings. The molecule has 17 heavy (non-hydrogen) atoms. The minimum absolute atomic E-state index is 0.213. The summed E-state index contributed by atoms with van der Waals surface area (Å²) in [6, 6.07) is 11.1. The van der Waals surface area contributed by atoms with Crippen LogP contribution >= 0.6 is 0 Å². The topological polar surface area (TPSA) is 20.3 Å². The summed E-state index contributed by atoms with van der Waals surface area (Å²) >= 11 is 0. The Hall–Kier alpha value is -1.15. The number of rotatable bonds is 2. The minimum atomic E-state index is 0.213. The van der Waals surface area contributed by atoms with Gasteiger partial charge in [0.1, 0.15) is 5.78 Å². The van der Waals surface area contributed by atoms with Crippen molar-refractivity contribution in [1.29, 1.82) is 0 Å². The number of hydrogen-bond acceptors (Lipinski definition) is 2. The summed E-state index contributed by atoms with van der Waals surface area (Å²) in [5.74, 6) is 1.10. The Labute approximate surface area is 103 Å². The van der Waals surface area contributed by atoms with Gasteiger partial charge in [0.05, 0.1) is 6.04 Å². The quantitative estimate of drug-likeness (QED) is 0.777. The van der Waals surface area contributed by atoms with E-state index in [4.69, 9.17) is 0 Å². The van der Waals surface area contributed by atoms with Gasteiger partial charge in [-0.1, -0.05) is 30.3 Å². The second-order valence-corrected chi connectivity index (χ2v) is 5.32. The molecule has 1 aromatic rings. The van der Waals surface area contributed by atoms with E-state index in [0.29, 0.717) is 17.7 Å². The van der Waals surface area contributed by atoms with Gasteiger partial charge in [0, 0.05) is 12.5 Å². The Morgan fingerprint density at radius 1 is 1.24 bits per heavy atom. The second kappa shape index (κ2) is 4.26. The van der Waals surface area contributed by atoms with Gasteiger partial charge in [0.25, 0.3) is 0 Å². The summed E-state index contributed by atoms with van der Waals surface area (Å²) in [5.41, 5.74) is 1.33. The normalized spacial score (nSPS) is 30.5. The Kier molecular flexibility index (Phi) is 2.75. The smallest absolute Gasteiger partial charge is 0.150 e.